The van der Waals surface area contributed by atoms with E-state index < -0.39 is 6.36 Å². The molecular weight excluding hydrogens is 397 g/mol. The summed E-state index contributed by atoms with van der Waals surface area (Å²) in [5.74, 6) is 0.669. The Labute approximate surface area is 165 Å². The van der Waals surface area contributed by atoms with Crippen LogP contribution in [-0.4, -0.2) is 44.7 Å². The zero-order valence-corrected chi connectivity index (χ0v) is 15.6. The van der Waals surface area contributed by atoms with Crippen LogP contribution in [0.25, 0.3) is 0 Å². The molecule has 5 nitrogen and oxygen atoms in total. The second kappa shape index (κ2) is 9.36. The van der Waals surface area contributed by atoms with Crippen LogP contribution in [0.3, 0.4) is 0 Å². The zero-order valence-electron chi connectivity index (χ0n) is 14.8. The van der Waals surface area contributed by atoms with Crippen molar-refractivity contribution in [1.82, 2.24) is 10.6 Å². The van der Waals surface area contributed by atoms with Gasteiger partial charge in [0.15, 0.2) is 11.5 Å². The summed E-state index contributed by atoms with van der Waals surface area (Å²) in [5.41, 5.74) is 0. The van der Waals surface area contributed by atoms with Gasteiger partial charge in [0.05, 0.1) is 0 Å². The van der Waals surface area contributed by atoms with Crippen LogP contribution in [0, 0.1) is 0 Å². The largest absolute Gasteiger partial charge is 0.573 e. The third kappa shape index (κ3) is 6.47. The van der Waals surface area contributed by atoms with E-state index in [2.05, 4.69) is 15.4 Å². The topological polar surface area (TPSA) is 51.8 Å². The van der Waals surface area contributed by atoms with Gasteiger partial charge in [-0.15, -0.1) is 13.2 Å². The van der Waals surface area contributed by atoms with E-state index in [0.29, 0.717) is 19.2 Å². The number of ether oxygens (including phenoxy) is 3. The van der Waals surface area contributed by atoms with E-state index in [1.165, 1.54) is 18.2 Å². The zero-order chi connectivity index (χ0) is 20.0. The molecule has 0 atom stereocenters. The Balaban J connectivity index is 0.000000167. The Bertz CT molecular complexity index is 768. The van der Waals surface area contributed by atoms with Crippen LogP contribution in [0.2, 0.25) is 5.02 Å². The first-order valence-electron chi connectivity index (χ1n) is 8.74. The molecule has 0 saturated carbocycles. The van der Waals surface area contributed by atoms with Crippen LogP contribution >= 0.6 is 11.6 Å². The van der Waals surface area contributed by atoms with Gasteiger partial charge in [-0.1, -0.05) is 29.8 Å². The van der Waals surface area contributed by atoms with E-state index in [4.69, 9.17) is 21.1 Å². The minimum Gasteiger partial charge on any atom is -0.488 e. The highest BCUT2D eigenvalue weighted by Gasteiger charge is 2.33. The van der Waals surface area contributed by atoms with Crippen LogP contribution in [0.1, 0.15) is 0 Å². The first-order valence-corrected chi connectivity index (χ1v) is 9.12. The number of nitrogens with one attached hydrogen (secondary N) is 2. The van der Waals surface area contributed by atoms with Gasteiger partial charge in [-0.05, 0) is 30.3 Å². The molecule has 2 heterocycles. The number of hydrogen-bond donors (Lipinski definition) is 2. The fraction of sp³-hybridized carbons (Fsp3) is 0.368. The number of para-hydroxylation sites is 2. The Hall–Kier alpha value is -2.16. The molecule has 0 amide bonds. The summed E-state index contributed by atoms with van der Waals surface area (Å²) in [7, 11) is 0. The molecule has 0 aromatic heterocycles. The first-order chi connectivity index (χ1) is 13.4. The lowest BCUT2D eigenvalue weighted by Crippen LogP contribution is -2.50. The number of hydrogen-bond acceptors (Lipinski definition) is 5. The van der Waals surface area contributed by atoms with Gasteiger partial charge in [-0.25, -0.2) is 0 Å². The average Bonchev–Trinajstić information content (AvgIpc) is 2.55. The lowest BCUT2D eigenvalue weighted by Gasteiger charge is -2.28. The number of benzene rings is 2. The van der Waals surface area contributed by atoms with Crippen molar-refractivity contribution in [2.45, 2.75) is 18.6 Å². The van der Waals surface area contributed by atoms with Gasteiger partial charge in [0.2, 0.25) is 0 Å². The van der Waals surface area contributed by atoms with Crippen molar-refractivity contribution in [2.24, 2.45) is 0 Å². The molecule has 0 aliphatic carbocycles. The summed E-state index contributed by atoms with van der Waals surface area (Å²) >= 11 is 5.79. The highest BCUT2D eigenvalue weighted by Crippen LogP contribution is 2.32. The van der Waals surface area contributed by atoms with Gasteiger partial charge >= 0.3 is 6.36 Å². The molecule has 2 saturated heterocycles. The van der Waals surface area contributed by atoms with Crippen molar-refractivity contribution in [1.29, 1.82) is 0 Å². The molecule has 2 N–H and O–H groups in total. The maximum Gasteiger partial charge on any atom is 0.573 e. The highest BCUT2D eigenvalue weighted by molar-refractivity contribution is 6.30. The Kier molecular flexibility index (Phi) is 6.88. The molecule has 2 aromatic rings. The number of alkyl halides is 3. The van der Waals surface area contributed by atoms with Crippen molar-refractivity contribution >= 4 is 11.6 Å². The molecule has 2 aliphatic rings. The second-order valence-electron chi connectivity index (χ2n) is 6.25. The Morgan fingerprint density at radius 3 is 1.96 bits per heavy atom. The molecule has 9 heteroatoms. The summed E-state index contributed by atoms with van der Waals surface area (Å²) in [6.07, 6.45) is -4.46. The Morgan fingerprint density at radius 2 is 1.43 bits per heavy atom. The maximum atomic E-state index is 12.1. The summed E-state index contributed by atoms with van der Waals surface area (Å²) in [5, 5.41) is 6.82. The summed E-state index contributed by atoms with van der Waals surface area (Å²) in [4.78, 5) is 0. The summed E-state index contributed by atoms with van der Waals surface area (Å²) < 4.78 is 51.0. The fourth-order valence-electron chi connectivity index (χ4n) is 2.36. The third-order valence-electron chi connectivity index (χ3n) is 3.96. The van der Waals surface area contributed by atoms with Gasteiger partial charge in [0, 0.05) is 31.2 Å². The minimum atomic E-state index is -4.70. The average molecular weight is 417 g/mol. The number of rotatable bonds is 5. The maximum absolute atomic E-state index is 12.1. The number of halogens is 4. The van der Waals surface area contributed by atoms with E-state index in [-0.39, 0.29) is 17.6 Å². The molecule has 2 fully saturated rings. The standard InChI is InChI=1S/C10H10F3NO2.C9H10ClNO/c11-10(12,13)16-9-4-2-1-3-8(9)15-7-5-14-6-7;10-7-2-1-3-8(4-7)12-9-5-11-6-9/h1-4,7,14H,5-6H2;1-4,9,11H,5-6H2. The van der Waals surface area contributed by atoms with Crippen LogP contribution in [0.15, 0.2) is 48.5 Å². The molecule has 2 aliphatic heterocycles. The van der Waals surface area contributed by atoms with Gasteiger partial charge in [0.25, 0.3) is 0 Å². The van der Waals surface area contributed by atoms with E-state index in [1.54, 1.807) is 6.07 Å². The van der Waals surface area contributed by atoms with E-state index in [9.17, 15) is 13.2 Å². The van der Waals surface area contributed by atoms with E-state index in [1.807, 2.05) is 24.3 Å². The summed E-state index contributed by atoms with van der Waals surface area (Å²) in [6, 6.07) is 13.2. The van der Waals surface area contributed by atoms with Crippen molar-refractivity contribution < 1.29 is 27.4 Å². The minimum absolute atomic E-state index is 0.0852. The molecule has 152 valence electrons. The Morgan fingerprint density at radius 1 is 0.821 bits per heavy atom. The van der Waals surface area contributed by atoms with Crippen molar-refractivity contribution in [3.63, 3.8) is 0 Å². The predicted octanol–water partition coefficient (Wildman–Crippen LogP) is 3.63. The molecule has 0 spiro atoms. The second-order valence-corrected chi connectivity index (χ2v) is 6.68. The SMILES string of the molecule is Clc1cccc(OC2CNC2)c1.FC(F)(F)Oc1ccccc1OC1CNC1. The van der Waals surface area contributed by atoms with E-state index >= 15 is 0 Å². The smallest absolute Gasteiger partial charge is 0.488 e. The molecule has 0 radical (unpaired) electrons. The fourth-order valence-corrected chi connectivity index (χ4v) is 2.54. The van der Waals surface area contributed by atoms with Crippen molar-refractivity contribution in [3.05, 3.63) is 53.6 Å². The quantitative estimate of drug-likeness (QED) is 0.779. The summed E-state index contributed by atoms with van der Waals surface area (Å²) in [6.45, 7) is 3.15. The van der Waals surface area contributed by atoms with Crippen LogP contribution < -0.4 is 24.8 Å². The highest BCUT2D eigenvalue weighted by atomic mass is 35.5. The monoisotopic (exact) mass is 416 g/mol. The molecule has 4 rings (SSSR count). The third-order valence-corrected chi connectivity index (χ3v) is 4.19. The molecule has 0 unspecified atom stereocenters. The van der Waals surface area contributed by atoms with Crippen molar-refractivity contribution in [3.8, 4) is 17.2 Å². The van der Waals surface area contributed by atoms with Crippen LogP contribution in [-0.2, 0) is 0 Å². The van der Waals surface area contributed by atoms with E-state index in [0.717, 1.165) is 23.9 Å². The molecule has 28 heavy (non-hydrogen) atoms. The van der Waals surface area contributed by atoms with Gasteiger partial charge in [-0.3, -0.25) is 0 Å². The lowest BCUT2D eigenvalue weighted by molar-refractivity contribution is -0.275. The molecule has 2 aromatic carbocycles. The van der Waals surface area contributed by atoms with Crippen LogP contribution in [0.4, 0.5) is 13.2 Å². The van der Waals surface area contributed by atoms with Crippen LogP contribution in [0.5, 0.6) is 17.2 Å². The van der Waals surface area contributed by atoms with Gasteiger partial charge in [0.1, 0.15) is 18.0 Å². The van der Waals surface area contributed by atoms with Gasteiger partial charge < -0.3 is 24.8 Å². The normalized spacial score (nSPS) is 16.9. The van der Waals surface area contributed by atoms with Crippen molar-refractivity contribution in [2.75, 3.05) is 26.2 Å². The lowest BCUT2D eigenvalue weighted by atomic mass is 10.2. The van der Waals surface area contributed by atoms with Gasteiger partial charge in [-0.2, -0.15) is 0 Å². The predicted molar refractivity (Wildman–Crippen MR) is 99.1 cm³/mol. The molecular formula is C19H20ClF3N2O3. The molecule has 0 bridgehead atoms. The first kappa shape index (κ1) is 20.6.